The molecule has 0 radical (unpaired) electrons. The van der Waals surface area contributed by atoms with Gasteiger partial charge in [-0.3, -0.25) is 9.59 Å². The fraction of sp³-hybridized carbons (Fsp3) is 0.258. The van der Waals surface area contributed by atoms with Crippen molar-refractivity contribution in [1.29, 1.82) is 0 Å². The highest BCUT2D eigenvalue weighted by molar-refractivity contribution is 5.95. The number of piperidine rings is 1. The Bertz CT molecular complexity index is 1690. The Hall–Kier alpha value is -4.81. The highest BCUT2D eigenvalue weighted by Crippen LogP contribution is 2.40. The number of nitrogens with zero attached hydrogens (tertiary/aromatic N) is 2. The van der Waals surface area contributed by atoms with Crippen molar-refractivity contribution in [2.24, 2.45) is 5.92 Å². The number of nitrogen functional groups attached to an aromatic ring is 1. The molecule has 2 aromatic heterocycles. The van der Waals surface area contributed by atoms with Crippen LogP contribution in [0, 0.1) is 5.92 Å². The van der Waals surface area contributed by atoms with Gasteiger partial charge in [0.2, 0.25) is 5.91 Å². The molecule has 1 aliphatic rings. The molecule has 5 rings (SSSR count). The molecule has 0 bridgehead atoms. The number of fused-ring (bicyclic) bond motifs is 1. The summed E-state index contributed by atoms with van der Waals surface area (Å²) in [4.78, 5) is 30.3. The number of benzene rings is 2. The first-order valence-electron chi connectivity index (χ1n) is 13.6. The summed E-state index contributed by atoms with van der Waals surface area (Å²) in [7, 11) is 0. The van der Waals surface area contributed by atoms with Crippen LogP contribution in [0.15, 0.2) is 71.3 Å². The van der Waals surface area contributed by atoms with Crippen molar-refractivity contribution < 1.29 is 40.3 Å². The Labute approximate surface area is 247 Å². The molecule has 3 N–H and O–H groups in total. The van der Waals surface area contributed by atoms with Crippen LogP contribution in [0.1, 0.15) is 40.1 Å². The van der Waals surface area contributed by atoms with Crippen molar-refractivity contribution in [2.75, 3.05) is 18.8 Å². The first-order valence-corrected chi connectivity index (χ1v) is 13.6. The van der Waals surface area contributed by atoms with E-state index in [9.17, 15) is 35.9 Å². The van der Waals surface area contributed by atoms with E-state index in [0.29, 0.717) is 16.9 Å². The zero-order chi connectivity index (χ0) is 31.6. The molecule has 3 heterocycles. The van der Waals surface area contributed by atoms with Gasteiger partial charge >= 0.3 is 12.4 Å². The maximum atomic E-state index is 14.0. The van der Waals surface area contributed by atoms with E-state index in [0.717, 1.165) is 6.07 Å². The van der Waals surface area contributed by atoms with Gasteiger partial charge in [0.15, 0.2) is 0 Å². The molecule has 2 aromatic carbocycles. The molecule has 1 saturated heterocycles. The second-order valence-corrected chi connectivity index (χ2v) is 10.4. The van der Waals surface area contributed by atoms with Gasteiger partial charge in [-0.25, -0.2) is 4.98 Å². The van der Waals surface area contributed by atoms with Gasteiger partial charge in [-0.1, -0.05) is 12.1 Å². The zero-order valence-electron chi connectivity index (χ0n) is 23.0. The molecule has 0 atom stereocenters. The van der Waals surface area contributed by atoms with Gasteiger partial charge in [-0.15, -0.1) is 0 Å². The number of likely N-dealkylation sites (tertiary alicyclic amines) is 1. The van der Waals surface area contributed by atoms with E-state index < -0.39 is 35.6 Å². The fourth-order valence-corrected chi connectivity index (χ4v) is 4.99. The number of aromatic nitrogens is 1. The smallest absolute Gasteiger partial charge is 0.420 e. The molecular formula is C31H26F6N4O3. The molecule has 230 valence electrons. The van der Waals surface area contributed by atoms with Gasteiger partial charge < -0.3 is 20.4 Å². The summed E-state index contributed by atoms with van der Waals surface area (Å²) in [5.41, 5.74) is 5.59. The Balaban J connectivity index is 1.31. The highest BCUT2D eigenvalue weighted by Gasteiger charge is 2.42. The molecule has 2 amide bonds. The average molecular weight is 617 g/mol. The lowest BCUT2D eigenvalue weighted by molar-refractivity contribution is -0.183. The standard InChI is InChI=1S/C31H26F6N4O3/c32-30(33,34)23-9-11-41(12-10-23)29(43)20-5-3-19(4-6-20)21-13-22-14-24(44-28(22)25(15-21)31(35,36)37)17-40-27(42)8-2-18-1-7-26(38)39-16-18/h1-8,13-16,23H,9-12,17H2,(H2,38,39)(H,40,42). The van der Waals surface area contributed by atoms with E-state index in [1.54, 1.807) is 12.1 Å². The maximum Gasteiger partial charge on any atom is 0.420 e. The summed E-state index contributed by atoms with van der Waals surface area (Å²) in [6, 6.07) is 12.9. The third-order valence-electron chi connectivity index (χ3n) is 7.36. The monoisotopic (exact) mass is 616 g/mol. The summed E-state index contributed by atoms with van der Waals surface area (Å²) in [5.74, 6) is -1.95. The van der Waals surface area contributed by atoms with E-state index >= 15 is 0 Å². The minimum absolute atomic E-state index is 0.0317. The molecule has 13 heteroatoms. The Kier molecular flexibility index (Phi) is 8.40. The van der Waals surface area contributed by atoms with Crippen molar-refractivity contribution in [3.05, 3.63) is 89.3 Å². The third-order valence-corrected chi connectivity index (χ3v) is 7.36. The molecule has 0 aliphatic carbocycles. The number of carbonyl (C=O) groups excluding carboxylic acids is 2. The highest BCUT2D eigenvalue weighted by atomic mass is 19.4. The van der Waals surface area contributed by atoms with Crippen molar-refractivity contribution in [3.63, 3.8) is 0 Å². The Morgan fingerprint density at radius 1 is 0.977 bits per heavy atom. The lowest BCUT2D eigenvalue weighted by Gasteiger charge is -2.33. The molecular weight excluding hydrogens is 590 g/mol. The number of carbonyl (C=O) groups is 2. The topological polar surface area (TPSA) is 101 Å². The van der Waals surface area contributed by atoms with E-state index in [1.807, 2.05) is 0 Å². The van der Waals surface area contributed by atoms with Crippen LogP contribution < -0.4 is 11.1 Å². The van der Waals surface area contributed by atoms with E-state index in [1.165, 1.54) is 59.6 Å². The first kappa shape index (κ1) is 30.6. The molecule has 1 aliphatic heterocycles. The van der Waals surface area contributed by atoms with Crippen LogP contribution in [0.25, 0.3) is 28.2 Å². The number of rotatable bonds is 6. The third kappa shape index (κ3) is 7.04. The first-order chi connectivity index (χ1) is 20.8. The quantitative estimate of drug-likeness (QED) is 0.183. The molecule has 44 heavy (non-hydrogen) atoms. The Morgan fingerprint density at radius 2 is 1.68 bits per heavy atom. The number of amides is 2. The zero-order valence-corrected chi connectivity index (χ0v) is 23.0. The number of anilines is 1. The van der Waals surface area contributed by atoms with Crippen LogP contribution in [-0.2, 0) is 17.5 Å². The minimum atomic E-state index is -4.75. The lowest BCUT2D eigenvalue weighted by atomic mass is 9.95. The van der Waals surface area contributed by atoms with Gasteiger partial charge in [-0.05, 0) is 78.1 Å². The lowest BCUT2D eigenvalue weighted by Crippen LogP contribution is -2.42. The van der Waals surface area contributed by atoms with Crippen LogP contribution in [0.2, 0.25) is 0 Å². The van der Waals surface area contributed by atoms with Gasteiger partial charge in [0.05, 0.1) is 18.0 Å². The summed E-state index contributed by atoms with van der Waals surface area (Å²) >= 11 is 0. The van der Waals surface area contributed by atoms with E-state index in [-0.39, 0.29) is 60.3 Å². The predicted molar refractivity (Wildman–Crippen MR) is 151 cm³/mol. The van der Waals surface area contributed by atoms with Crippen LogP contribution in [0.5, 0.6) is 0 Å². The fourth-order valence-electron chi connectivity index (χ4n) is 4.99. The summed E-state index contributed by atoms with van der Waals surface area (Å²) in [6.07, 6.45) is -5.18. The van der Waals surface area contributed by atoms with Crippen LogP contribution in [0.4, 0.5) is 32.2 Å². The molecule has 0 spiro atoms. The average Bonchev–Trinajstić information content (AvgIpc) is 3.41. The number of furan rings is 1. The van der Waals surface area contributed by atoms with Crippen molar-refractivity contribution >= 4 is 34.7 Å². The normalized spacial score (nSPS) is 14.8. The number of nitrogens with two attached hydrogens (primary N) is 1. The summed E-state index contributed by atoms with van der Waals surface area (Å²) < 4.78 is 86.4. The van der Waals surface area contributed by atoms with Crippen molar-refractivity contribution in [1.82, 2.24) is 15.2 Å². The van der Waals surface area contributed by atoms with Gasteiger partial charge in [0, 0.05) is 36.3 Å². The molecule has 0 unspecified atom stereocenters. The second-order valence-electron chi connectivity index (χ2n) is 10.4. The van der Waals surface area contributed by atoms with Gasteiger partial charge in [-0.2, -0.15) is 26.3 Å². The van der Waals surface area contributed by atoms with E-state index in [4.69, 9.17) is 10.2 Å². The Morgan fingerprint density at radius 3 is 2.30 bits per heavy atom. The minimum Gasteiger partial charge on any atom is -0.459 e. The summed E-state index contributed by atoms with van der Waals surface area (Å²) in [6.45, 7) is -0.229. The number of alkyl halides is 6. The van der Waals surface area contributed by atoms with Crippen LogP contribution >= 0.6 is 0 Å². The number of hydrogen-bond acceptors (Lipinski definition) is 5. The predicted octanol–water partition coefficient (Wildman–Crippen LogP) is 6.84. The van der Waals surface area contributed by atoms with Crippen LogP contribution in [0.3, 0.4) is 0 Å². The van der Waals surface area contributed by atoms with E-state index in [2.05, 4.69) is 10.3 Å². The molecule has 7 nitrogen and oxygen atoms in total. The molecule has 1 fully saturated rings. The van der Waals surface area contributed by atoms with Crippen LogP contribution in [-0.4, -0.2) is 41.0 Å². The maximum absolute atomic E-state index is 14.0. The van der Waals surface area contributed by atoms with Crippen molar-refractivity contribution in [2.45, 2.75) is 31.7 Å². The summed E-state index contributed by atoms with van der Waals surface area (Å²) in [5, 5.41) is 2.72. The molecule has 0 saturated carbocycles. The number of hydrogen-bond donors (Lipinski definition) is 2. The SMILES string of the molecule is Nc1ccc(C=CC(=O)NCc2cc3cc(-c4ccc(C(=O)N5CCC(C(F)(F)F)CC5)cc4)cc(C(F)(F)F)c3o2)cn1. The number of pyridine rings is 1. The van der Waals surface area contributed by atoms with Gasteiger partial charge in [0.25, 0.3) is 5.91 Å². The van der Waals surface area contributed by atoms with Crippen molar-refractivity contribution in [3.8, 4) is 11.1 Å². The molecule has 4 aromatic rings. The number of halogens is 6. The van der Waals surface area contributed by atoms with Gasteiger partial charge in [0.1, 0.15) is 17.2 Å². The second kappa shape index (κ2) is 12.1. The largest absolute Gasteiger partial charge is 0.459 e. The number of nitrogens with one attached hydrogen (secondary N) is 1.